The summed E-state index contributed by atoms with van der Waals surface area (Å²) in [6.45, 7) is 6.94. The Balaban J connectivity index is 2.12. The molecule has 2 heterocycles. The first kappa shape index (κ1) is 13.1. The highest BCUT2D eigenvalue weighted by atomic mass is 35.5. The van der Waals surface area contributed by atoms with Gasteiger partial charge in [0.15, 0.2) is 5.82 Å². The van der Waals surface area contributed by atoms with E-state index in [0.29, 0.717) is 11.1 Å². The van der Waals surface area contributed by atoms with Crippen LogP contribution >= 0.6 is 11.6 Å². The zero-order valence-electron chi connectivity index (χ0n) is 10.8. The molecule has 2 aromatic heterocycles. The van der Waals surface area contributed by atoms with Crippen molar-refractivity contribution in [2.24, 2.45) is 0 Å². The van der Waals surface area contributed by atoms with Crippen molar-refractivity contribution >= 4 is 11.6 Å². The van der Waals surface area contributed by atoms with Gasteiger partial charge in [-0.3, -0.25) is 0 Å². The van der Waals surface area contributed by atoms with Crippen molar-refractivity contribution in [3.63, 3.8) is 0 Å². The molecule has 0 amide bonds. The minimum Gasteiger partial charge on any atom is -0.310 e. The lowest BCUT2D eigenvalue weighted by Crippen LogP contribution is -2.21. The number of pyridine rings is 1. The van der Waals surface area contributed by atoms with Crippen LogP contribution < -0.4 is 5.32 Å². The smallest absolute Gasteiger partial charge is 0.153 e. The molecule has 5 heteroatoms. The Hall–Kier alpha value is -1.39. The van der Waals surface area contributed by atoms with Crippen LogP contribution in [-0.4, -0.2) is 20.8 Å². The highest BCUT2D eigenvalue weighted by Crippen LogP contribution is 2.15. The van der Waals surface area contributed by atoms with Crippen LogP contribution in [0.15, 0.2) is 24.5 Å². The lowest BCUT2D eigenvalue weighted by molar-refractivity contribution is 0.587. The number of rotatable bonds is 4. The Bertz CT molecular complexity index is 497. The summed E-state index contributed by atoms with van der Waals surface area (Å²) < 4.78 is 1.69. The number of hydrogen-bond acceptors (Lipinski definition) is 3. The SMILES string of the molecule is Cc1nn(-c2ccc(CNC(C)C)cn2)cc1Cl. The molecule has 0 spiro atoms. The maximum atomic E-state index is 5.97. The normalized spacial score (nSPS) is 11.2. The van der Waals surface area contributed by atoms with Gasteiger partial charge in [0.25, 0.3) is 0 Å². The van der Waals surface area contributed by atoms with Crippen molar-refractivity contribution < 1.29 is 0 Å². The van der Waals surface area contributed by atoms with E-state index in [2.05, 4.69) is 29.2 Å². The highest BCUT2D eigenvalue weighted by Gasteiger charge is 2.05. The number of aromatic nitrogens is 3. The molecule has 2 rings (SSSR count). The van der Waals surface area contributed by atoms with Gasteiger partial charge in [-0.1, -0.05) is 31.5 Å². The van der Waals surface area contributed by atoms with Gasteiger partial charge in [0.1, 0.15) is 0 Å². The summed E-state index contributed by atoms with van der Waals surface area (Å²) in [6.07, 6.45) is 3.63. The predicted octanol–water partition coefficient (Wildman–Crippen LogP) is 2.73. The first-order valence-electron chi connectivity index (χ1n) is 5.96. The van der Waals surface area contributed by atoms with E-state index in [1.807, 2.05) is 25.3 Å². The van der Waals surface area contributed by atoms with E-state index in [1.165, 1.54) is 0 Å². The Morgan fingerprint density at radius 1 is 1.39 bits per heavy atom. The van der Waals surface area contributed by atoms with Crippen molar-refractivity contribution in [3.8, 4) is 5.82 Å². The molecule has 0 aliphatic rings. The Labute approximate surface area is 112 Å². The molecule has 0 aliphatic carbocycles. The average molecular weight is 265 g/mol. The van der Waals surface area contributed by atoms with E-state index < -0.39 is 0 Å². The molecule has 96 valence electrons. The molecule has 0 saturated heterocycles. The Kier molecular flexibility index (Phi) is 3.99. The van der Waals surface area contributed by atoms with Crippen molar-refractivity contribution in [2.75, 3.05) is 0 Å². The summed E-state index contributed by atoms with van der Waals surface area (Å²) in [5, 5.41) is 8.30. The van der Waals surface area contributed by atoms with Crippen molar-refractivity contribution in [2.45, 2.75) is 33.4 Å². The molecule has 0 radical (unpaired) electrons. The number of nitrogens with one attached hydrogen (secondary N) is 1. The van der Waals surface area contributed by atoms with Gasteiger partial charge in [-0.25, -0.2) is 9.67 Å². The maximum absolute atomic E-state index is 5.97. The number of hydrogen-bond donors (Lipinski definition) is 1. The third-order valence-electron chi connectivity index (χ3n) is 2.60. The van der Waals surface area contributed by atoms with E-state index in [-0.39, 0.29) is 0 Å². The van der Waals surface area contributed by atoms with Crippen LogP contribution in [0.2, 0.25) is 5.02 Å². The quantitative estimate of drug-likeness (QED) is 0.923. The zero-order chi connectivity index (χ0) is 13.1. The largest absolute Gasteiger partial charge is 0.310 e. The lowest BCUT2D eigenvalue weighted by atomic mass is 10.2. The van der Waals surface area contributed by atoms with E-state index in [0.717, 1.165) is 23.6 Å². The fourth-order valence-electron chi connectivity index (χ4n) is 1.54. The van der Waals surface area contributed by atoms with Crippen molar-refractivity contribution in [1.82, 2.24) is 20.1 Å². The molecule has 18 heavy (non-hydrogen) atoms. The van der Waals surface area contributed by atoms with E-state index >= 15 is 0 Å². The molecular formula is C13H17ClN4. The van der Waals surface area contributed by atoms with Crippen LogP contribution in [-0.2, 0) is 6.54 Å². The van der Waals surface area contributed by atoms with Gasteiger partial charge in [-0.05, 0) is 18.6 Å². The maximum Gasteiger partial charge on any atom is 0.153 e. The minimum atomic E-state index is 0.470. The topological polar surface area (TPSA) is 42.7 Å². The first-order chi connectivity index (χ1) is 8.56. The van der Waals surface area contributed by atoms with Crippen molar-refractivity contribution in [1.29, 1.82) is 0 Å². The standard InChI is InChI=1S/C13H17ClN4/c1-9(2)15-6-11-4-5-13(16-7-11)18-8-12(14)10(3)17-18/h4-5,7-9,15H,6H2,1-3H3. The first-order valence-corrected chi connectivity index (χ1v) is 6.34. The summed E-state index contributed by atoms with van der Waals surface area (Å²) in [5.74, 6) is 0.776. The number of aryl methyl sites for hydroxylation is 1. The van der Waals surface area contributed by atoms with Gasteiger partial charge < -0.3 is 5.32 Å². The second-order valence-corrected chi connectivity index (χ2v) is 4.97. The summed E-state index contributed by atoms with van der Waals surface area (Å²) in [7, 11) is 0. The number of halogens is 1. The van der Waals surface area contributed by atoms with Gasteiger partial charge in [-0.2, -0.15) is 5.10 Å². The van der Waals surface area contributed by atoms with E-state index in [9.17, 15) is 0 Å². The predicted molar refractivity (Wildman–Crippen MR) is 73.1 cm³/mol. The van der Waals surface area contributed by atoms with Gasteiger partial charge >= 0.3 is 0 Å². The van der Waals surface area contributed by atoms with Crippen LogP contribution in [0.5, 0.6) is 0 Å². The van der Waals surface area contributed by atoms with E-state index in [4.69, 9.17) is 11.6 Å². The molecule has 0 fully saturated rings. The van der Waals surface area contributed by atoms with Gasteiger partial charge in [-0.15, -0.1) is 0 Å². The average Bonchev–Trinajstić information content (AvgIpc) is 2.68. The summed E-state index contributed by atoms with van der Waals surface area (Å²) in [6, 6.07) is 4.46. The monoisotopic (exact) mass is 264 g/mol. The Morgan fingerprint density at radius 2 is 2.17 bits per heavy atom. The van der Waals surface area contributed by atoms with Gasteiger partial charge in [0.05, 0.1) is 16.9 Å². The molecule has 0 saturated carbocycles. The fourth-order valence-corrected chi connectivity index (χ4v) is 1.67. The molecule has 0 bridgehead atoms. The van der Waals surface area contributed by atoms with Crippen LogP contribution in [0.3, 0.4) is 0 Å². The second-order valence-electron chi connectivity index (χ2n) is 4.57. The minimum absolute atomic E-state index is 0.470. The molecule has 0 atom stereocenters. The second kappa shape index (κ2) is 5.50. The third kappa shape index (κ3) is 3.09. The molecular weight excluding hydrogens is 248 g/mol. The highest BCUT2D eigenvalue weighted by molar-refractivity contribution is 6.31. The van der Waals surface area contributed by atoms with Crippen LogP contribution in [0.1, 0.15) is 25.1 Å². The van der Waals surface area contributed by atoms with Crippen LogP contribution in [0.25, 0.3) is 5.82 Å². The fraction of sp³-hybridized carbons (Fsp3) is 0.385. The summed E-state index contributed by atoms with van der Waals surface area (Å²) in [4.78, 5) is 4.38. The number of nitrogens with zero attached hydrogens (tertiary/aromatic N) is 3. The van der Waals surface area contributed by atoms with E-state index in [1.54, 1.807) is 10.9 Å². The van der Waals surface area contributed by atoms with Crippen LogP contribution in [0.4, 0.5) is 0 Å². The van der Waals surface area contributed by atoms with Crippen LogP contribution in [0, 0.1) is 6.92 Å². The summed E-state index contributed by atoms with van der Waals surface area (Å²) in [5.41, 5.74) is 1.96. The van der Waals surface area contributed by atoms with Crippen molar-refractivity contribution in [3.05, 3.63) is 40.8 Å². The lowest BCUT2D eigenvalue weighted by Gasteiger charge is -2.08. The molecule has 4 nitrogen and oxygen atoms in total. The molecule has 0 aromatic carbocycles. The van der Waals surface area contributed by atoms with Gasteiger partial charge in [0.2, 0.25) is 0 Å². The molecule has 1 N–H and O–H groups in total. The van der Waals surface area contributed by atoms with Gasteiger partial charge in [0, 0.05) is 18.8 Å². The zero-order valence-corrected chi connectivity index (χ0v) is 11.6. The summed E-state index contributed by atoms with van der Waals surface area (Å²) >= 11 is 5.97. The molecule has 0 unspecified atom stereocenters. The molecule has 0 aliphatic heterocycles. The molecule has 2 aromatic rings. The Morgan fingerprint density at radius 3 is 2.67 bits per heavy atom. The third-order valence-corrected chi connectivity index (χ3v) is 2.97.